The van der Waals surface area contributed by atoms with Crippen LogP contribution in [0.25, 0.3) is 11.0 Å². The molecular formula is C14H18N4O2. The third-order valence-electron chi connectivity index (χ3n) is 3.57. The van der Waals surface area contributed by atoms with E-state index in [0.717, 1.165) is 23.9 Å². The van der Waals surface area contributed by atoms with Gasteiger partial charge in [0, 0.05) is 19.0 Å². The topological polar surface area (TPSA) is 82.2 Å². The first kappa shape index (κ1) is 12.8. The lowest BCUT2D eigenvalue weighted by Gasteiger charge is -2.08. The van der Waals surface area contributed by atoms with E-state index in [2.05, 4.69) is 10.3 Å². The Morgan fingerprint density at radius 2 is 2.35 bits per heavy atom. The molecular weight excluding hydrogens is 256 g/mol. The zero-order chi connectivity index (χ0) is 14.1. The van der Waals surface area contributed by atoms with Gasteiger partial charge in [-0.3, -0.25) is 4.79 Å². The molecule has 1 fully saturated rings. The Morgan fingerprint density at radius 3 is 3.05 bits per heavy atom. The molecule has 1 aliphatic rings. The molecule has 2 aromatic rings. The average molecular weight is 274 g/mol. The third kappa shape index (κ3) is 2.29. The second-order valence-corrected chi connectivity index (χ2v) is 5.01. The van der Waals surface area contributed by atoms with Crippen LogP contribution in [-0.2, 0) is 11.3 Å². The van der Waals surface area contributed by atoms with Gasteiger partial charge in [-0.25, -0.2) is 4.98 Å². The Kier molecular flexibility index (Phi) is 3.22. The number of imidazole rings is 1. The van der Waals surface area contributed by atoms with Crippen LogP contribution in [0.15, 0.2) is 18.2 Å². The molecule has 0 bridgehead atoms. The van der Waals surface area contributed by atoms with Crippen LogP contribution in [0, 0.1) is 5.92 Å². The number of nitrogens with two attached hydrogens (primary N) is 1. The highest BCUT2D eigenvalue weighted by atomic mass is 16.5. The highest BCUT2D eigenvalue weighted by molar-refractivity contribution is 5.84. The summed E-state index contributed by atoms with van der Waals surface area (Å²) < 4.78 is 7.17. The maximum absolute atomic E-state index is 11.6. The predicted octanol–water partition coefficient (Wildman–Crippen LogP) is 1.15. The standard InChI is InChI=1S/C14H18N4O2/c1-20-11-4-2-3-10-12(11)17-14(15)18(10)8-7-16-13(19)9-5-6-9/h2-4,9H,5-8H2,1H3,(H2,15,17)(H,16,19). The van der Waals surface area contributed by atoms with Gasteiger partial charge in [0.15, 0.2) is 0 Å². The van der Waals surface area contributed by atoms with Gasteiger partial charge in [0.1, 0.15) is 11.3 Å². The Hall–Kier alpha value is -2.24. The molecule has 1 aromatic carbocycles. The lowest BCUT2D eigenvalue weighted by Crippen LogP contribution is -2.28. The van der Waals surface area contributed by atoms with Crippen molar-refractivity contribution < 1.29 is 9.53 Å². The number of nitrogens with zero attached hydrogens (tertiary/aromatic N) is 2. The van der Waals surface area contributed by atoms with Crippen LogP contribution in [0.5, 0.6) is 5.75 Å². The Morgan fingerprint density at radius 1 is 1.55 bits per heavy atom. The fraction of sp³-hybridized carbons (Fsp3) is 0.429. The molecule has 1 aromatic heterocycles. The molecule has 6 nitrogen and oxygen atoms in total. The first-order valence-electron chi connectivity index (χ1n) is 6.77. The van der Waals surface area contributed by atoms with Gasteiger partial charge in [-0.1, -0.05) is 6.07 Å². The summed E-state index contributed by atoms with van der Waals surface area (Å²) in [6, 6.07) is 5.71. The number of benzene rings is 1. The van der Waals surface area contributed by atoms with Crippen LogP contribution >= 0.6 is 0 Å². The lowest BCUT2D eigenvalue weighted by molar-refractivity contribution is -0.122. The number of para-hydroxylation sites is 1. The van der Waals surface area contributed by atoms with Crippen molar-refractivity contribution in [2.24, 2.45) is 5.92 Å². The second kappa shape index (κ2) is 5.03. The summed E-state index contributed by atoms with van der Waals surface area (Å²) >= 11 is 0. The minimum absolute atomic E-state index is 0.144. The third-order valence-corrected chi connectivity index (χ3v) is 3.57. The summed E-state index contributed by atoms with van der Waals surface area (Å²) in [7, 11) is 1.61. The highest BCUT2D eigenvalue weighted by Gasteiger charge is 2.29. The summed E-state index contributed by atoms with van der Waals surface area (Å²) in [5.74, 6) is 1.51. The van der Waals surface area contributed by atoms with Crippen molar-refractivity contribution in [1.29, 1.82) is 0 Å². The molecule has 0 saturated heterocycles. The number of carbonyl (C=O) groups excluding carboxylic acids is 1. The maximum atomic E-state index is 11.6. The van der Waals surface area contributed by atoms with Gasteiger partial charge in [0.25, 0.3) is 0 Å². The van der Waals surface area contributed by atoms with E-state index in [-0.39, 0.29) is 11.8 Å². The lowest BCUT2D eigenvalue weighted by atomic mass is 10.3. The average Bonchev–Trinajstić information content (AvgIpc) is 3.24. The monoisotopic (exact) mass is 274 g/mol. The maximum Gasteiger partial charge on any atom is 0.223 e. The summed E-state index contributed by atoms with van der Waals surface area (Å²) in [5.41, 5.74) is 7.62. The molecule has 0 aliphatic heterocycles. The van der Waals surface area contributed by atoms with Gasteiger partial charge in [0.2, 0.25) is 11.9 Å². The first-order chi connectivity index (χ1) is 9.70. The number of anilines is 1. The molecule has 0 unspecified atom stereocenters. The smallest absolute Gasteiger partial charge is 0.223 e. The molecule has 0 radical (unpaired) electrons. The van der Waals surface area contributed by atoms with Gasteiger partial charge in [-0.15, -0.1) is 0 Å². The van der Waals surface area contributed by atoms with E-state index in [0.29, 0.717) is 24.8 Å². The largest absolute Gasteiger partial charge is 0.494 e. The van der Waals surface area contributed by atoms with E-state index in [1.165, 1.54) is 0 Å². The van der Waals surface area contributed by atoms with Crippen molar-refractivity contribution in [2.45, 2.75) is 19.4 Å². The molecule has 106 valence electrons. The fourth-order valence-corrected chi connectivity index (χ4v) is 2.32. The van der Waals surface area contributed by atoms with Crippen LogP contribution in [0.4, 0.5) is 5.95 Å². The van der Waals surface area contributed by atoms with E-state index in [1.807, 2.05) is 22.8 Å². The zero-order valence-corrected chi connectivity index (χ0v) is 11.4. The molecule has 3 N–H and O–H groups in total. The van der Waals surface area contributed by atoms with Crippen LogP contribution in [0.3, 0.4) is 0 Å². The second-order valence-electron chi connectivity index (χ2n) is 5.01. The summed E-state index contributed by atoms with van der Waals surface area (Å²) in [5, 5.41) is 2.93. The Labute approximate surface area is 116 Å². The molecule has 1 aliphatic carbocycles. The number of amides is 1. The van der Waals surface area contributed by atoms with Crippen molar-refractivity contribution in [3.8, 4) is 5.75 Å². The summed E-state index contributed by atoms with van der Waals surface area (Å²) in [6.45, 7) is 1.16. The van der Waals surface area contributed by atoms with Gasteiger partial charge < -0.3 is 20.4 Å². The quantitative estimate of drug-likeness (QED) is 0.857. The van der Waals surface area contributed by atoms with Crippen molar-refractivity contribution in [2.75, 3.05) is 19.4 Å². The van der Waals surface area contributed by atoms with Crippen molar-refractivity contribution in [3.63, 3.8) is 0 Å². The molecule has 1 saturated carbocycles. The number of carbonyl (C=O) groups is 1. The fourth-order valence-electron chi connectivity index (χ4n) is 2.32. The van der Waals surface area contributed by atoms with Crippen molar-refractivity contribution in [3.05, 3.63) is 18.2 Å². The number of nitrogens with one attached hydrogen (secondary N) is 1. The number of fused-ring (bicyclic) bond motifs is 1. The van der Waals surface area contributed by atoms with Crippen LogP contribution < -0.4 is 15.8 Å². The van der Waals surface area contributed by atoms with E-state index >= 15 is 0 Å². The SMILES string of the molecule is COc1cccc2c1nc(N)n2CCNC(=O)C1CC1. The molecule has 3 rings (SSSR count). The summed E-state index contributed by atoms with van der Waals surface area (Å²) in [6.07, 6.45) is 2.03. The molecule has 0 atom stereocenters. The summed E-state index contributed by atoms with van der Waals surface area (Å²) in [4.78, 5) is 15.9. The molecule has 20 heavy (non-hydrogen) atoms. The van der Waals surface area contributed by atoms with Gasteiger partial charge in [-0.2, -0.15) is 0 Å². The molecule has 6 heteroatoms. The number of nitrogen functional groups attached to an aromatic ring is 1. The predicted molar refractivity (Wildman–Crippen MR) is 76.4 cm³/mol. The van der Waals surface area contributed by atoms with Gasteiger partial charge >= 0.3 is 0 Å². The van der Waals surface area contributed by atoms with Crippen LogP contribution in [0.1, 0.15) is 12.8 Å². The highest BCUT2D eigenvalue weighted by Crippen LogP contribution is 2.29. The molecule has 1 heterocycles. The Balaban J connectivity index is 1.76. The van der Waals surface area contributed by atoms with Gasteiger partial charge in [0.05, 0.1) is 12.6 Å². The van der Waals surface area contributed by atoms with Crippen LogP contribution in [0.2, 0.25) is 0 Å². The normalized spacial score (nSPS) is 14.4. The first-order valence-corrected chi connectivity index (χ1v) is 6.77. The van der Waals surface area contributed by atoms with Crippen molar-refractivity contribution in [1.82, 2.24) is 14.9 Å². The minimum atomic E-state index is 0.144. The number of hydrogen-bond donors (Lipinski definition) is 2. The number of methoxy groups -OCH3 is 1. The number of hydrogen-bond acceptors (Lipinski definition) is 4. The number of rotatable bonds is 5. The van der Waals surface area contributed by atoms with E-state index in [9.17, 15) is 4.79 Å². The minimum Gasteiger partial charge on any atom is -0.494 e. The van der Waals surface area contributed by atoms with Crippen LogP contribution in [-0.4, -0.2) is 29.1 Å². The van der Waals surface area contributed by atoms with Crippen molar-refractivity contribution >= 4 is 22.9 Å². The van der Waals surface area contributed by atoms with E-state index in [1.54, 1.807) is 7.11 Å². The van der Waals surface area contributed by atoms with E-state index < -0.39 is 0 Å². The Bertz CT molecular complexity index is 646. The van der Waals surface area contributed by atoms with Gasteiger partial charge in [-0.05, 0) is 25.0 Å². The molecule has 1 amide bonds. The molecule has 0 spiro atoms. The number of ether oxygens (including phenoxy) is 1. The number of aromatic nitrogens is 2. The zero-order valence-electron chi connectivity index (χ0n) is 11.4. The van der Waals surface area contributed by atoms with E-state index in [4.69, 9.17) is 10.5 Å².